The Morgan fingerprint density at radius 2 is 2.17 bits per heavy atom. The molecule has 7 heteroatoms. The molecule has 6 nitrogen and oxygen atoms in total. The number of carbonyl (C=O) groups excluding carboxylic acids is 1. The summed E-state index contributed by atoms with van der Waals surface area (Å²) in [6, 6.07) is 5.29. The summed E-state index contributed by atoms with van der Waals surface area (Å²) in [4.78, 5) is 18.1. The standard InChI is InChI=1S/C16H20ClN5O/c17-15-3-2-14(12-18-15)20-16(23)21-9-4-13(5-10-21)6-11-22-8-1-7-19-22/h1-3,7-8,12-13H,4-6,9-11H2,(H,20,23). The van der Waals surface area contributed by atoms with Crippen LogP contribution in [0.25, 0.3) is 0 Å². The number of urea groups is 1. The lowest BCUT2D eigenvalue weighted by atomic mass is 9.94. The van der Waals surface area contributed by atoms with Crippen LogP contribution >= 0.6 is 11.6 Å². The van der Waals surface area contributed by atoms with E-state index in [1.807, 2.05) is 21.8 Å². The van der Waals surface area contributed by atoms with Gasteiger partial charge in [-0.25, -0.2) is 9.78 Å². The van der Waals surface area contributed by atoms with Crippen LogP contribution in [0.3, 0.4) is 0 Å². The highest BCUT2D eigenvalue weighted by Crippen LogP contribution is 2.22. The summed E-state index contributed by atoms with van der Waals surface area (Å²) in [5.74, 6) is 0.653. The molecule has 23 heavy (non-hydrogen) atoms. The summed E-state index contributed by atoms with van der Waals surface area (Å²) < 4.78 is 1.96. The van der Waals surface area contributed by atoms with Gasteiger partial charge in [0.05, 0.1) is 11.9 Å². The average Bonchev–Trinajstić information content (AvgIpc) is 3.09. The van der Waals surface area contributed by atoms with E-state index in [0.29, 0.717) is 16.8 Å². The molecule has 0 saturated carbocycles. The van der Waals surface area contributed by atoms with E-state index >= 15 is 0 Å². The van der Waals surface area contributed by atoms with Gasteiger partial charge in [-0.05, 0) is 43.4 Å². The van der Waals surface area contributed by atoms with E-state index in [1.165, 1.54) is 0 Å². The normalized spacial score (nSPS) is 15.6. The van der Waals surface area contributed by atoms with E-state index in [1.54, 1.807) is 24.5 Å². The third-order valence-corrected chi connectivity index (χ3v) is 4.43. The van der Waals surface area contributed by atoms with Gasteiger partial charge in [-0.15, -0.1) is 0 Å². The molecule has 0 atom stereocenters. The molecule has 2 aromatic rings. The van der Waals surface area contributed by atoms with Crippen LogP contribution in [0.4, 0.5) is 10.5 Å². The molecule has 0 spiro atoms. The molecule has 0 aromatic carbocycles. The second-order valence-corrected chi connectivity index (χ2v) is 6.18. The molecule has 1 saturated heterocycles. The third kappa shape index (κ3) is 4.45. The molecule has 2 amide bonds. The second kappa shape index (κ2) is 7.46. The Morgan fingerprint density at radius 1 is 1.35 bits per heavy atom. The van der Waals surface area contributed by atoms with Gasteiger partial charge >= 0.3 is 6.03 Å². The van der Waals surface area contributed by atoms with Crippen molar-refractivity contribution < 1.29 is 4.79 Å². The predicted octanol–water partition coefficient (Wildman–Crippen LogP) is 3.27. The minimum atomic E-state index is -0.0698. The van der Waals surface area contributed by atoms with Crippen molar-refractivity contribution in [2.45, 2.75) is 25.8 Å². The first kappa shape index (κ1) is 15.8. The van der Waals surface area contributed by atoms with Crippen LogP contribution in [0.1, 0.15) is 19.3 Å². The Bertz CT molecular complexity index is 620. The largest absolute Gasteiger partial charge is 0.325 e. The van der Waals surface area contributed by atoms with Crippen molar-refractivity contribution in [1.82, 2.24) is 19.7 Å². The highest BCUT2D eigenvalue weighted by molar-refractivity contribution is 6.29. The Morgan fingerprint density at radius 3 is 2.83 bits per heavy atom. The van der Waals surface area contributed by atoms with Gasteiger partial charge in [0, 0.05) is 32.0 Å². The molecule has 0 radical (unpaired) electrons. The number of aryl methyl sites for hydroxylation is 1. The fourth-order valence-corrected chi connectivity index (χ4v) is 2.94. The molecule has 1 aliphatic heterocycles. The zero-order valence-corrected chi connectivity index (χ0v) is 13.6. The number of nitrogens with zero attached hydrogens (tertiary/aromatic N) is 4. The van der Waals surface area contributed by atoms with Gasteiger partial charge in [-0.2, -0.15) is 5.10 Å². The average molecular weight is 334 g/mol. The lowest BCUT2D eigenvalue weighted by Gasteiger charge is -2.32. The van der Waals surface area contributed by atoms with Gasteiger partial charge in [0.25, 0.3) is 0 Å². The van der Waals surface area contributed by atoms with Gasteiger partial charge < -0.3 is 10.2 Å². The van der Waals surface area contributed by atoms with Crippen molar-refractivity contribution in [2.24, 2.45) is 5.92 Å². The highest BCUT2D eigenvalue weighted by atomic mass is 35.5. The molecule has 1 N–H and O–H groups in total. The Balaban J connectivity index is 1.42. The Hall–Kier alpha value is -2.08. The minimum Gasteiger partial charge on any atom is -0.325 e. The zero-order valence-electron chi connectivity index (χ0n) is 12.9. The number of halogens is 1. The second-order valence-electron chi connectivity index (χ2n) is 5.79. The van der Waals surface area contributed by atoms with Crippen molar-refractivity contribution in [3.8, 4) is 0 Å². The number of carbonyl (C=O) groups is 1. The molecular weight excluding hydrogens is 314 g/mol. The number of likely N-dealkylation sites (tertiary alicyclic amines) is 1. The molecular formula is C16H20ClN5O. The lowest BCUT2D eigenvalue weighted by molar-refractivity contribution is 0.177. The smallest absolute Gasteiger partial charge is 0.321 e. The van der Waals surface area contributed by atoms with Crippen LogP contribution in [0.15, 0.2) is 36.8 Å². The Kier molecular flexibility index (Phi) is 5.12. The van der Waals surface area contributed by atoms with E-state index in [2.05, 4.69) is 15.4 Å². The number of amides is 2. The van der Waals surface area contributed by atoms with E-state index in [0.717, 1.165) is 38.9 Å². The van der Waals surface area contributed by atoms with Gasteiger partial charge in [0.15, 0.2) is 0 Å². The molecule has 3 heterocycles. The first-order chi connectivity index (χ1) is 11.2. The van der Waals surface area contributed by atoms with Crippen LogP contribution in [-0.4, -0.2) is 38.8 Å². The quantitative estimate of drug-likeness (QED) is 0.873. The third-order valence-electron chi connectivity index (χ3n) is 4.21. The van der Waals surface area contributed by atoms with E-state index < -0.39 is 0 Å². The van der Waals surface area contributed by atoms with Crippen LogP contribution in [0.5, 0.6) is 0 Å². The van der Waals surface area contributed by atoms with Crippen molar-refractivity contribution in [2.75, 3.05) is 18.4 Å². The molecule has 1 fully saturated rings. The predicted molar refractivity (Wildman–Crippen MR) is 89.4 cm³/mol. The lowest BCUT2D eigenvalue weighted by Crippen LogP contribution is -2.41. The van der Waals surface area contributed by atoms with Gasteiger partial charge in [-0.1, -0.05) is 11.6 Å². The fraction of sp³-hybridized carbons (Fsp3) is 0.438. The molecule has 0 unspecified atom stereocenters. The summed E-state index contributed by atoms with van der Waals surface area (Å²) in [5, 5.41) is 7.50. The summed E-state index contributed by atoms with van der Waals surface area (Å²) in [7, 11) is 0. The first-order valence-corrected chi connectivity index (χ1v) is 8.23. The van der Waals surface area contributed by atoms with E-state index in [4.69, 9.17) is 11.6 Å². The van der Waals surface area contributed by atoms with Crippen molar-refractivity contribution in [3.63, 3.8) is 0 Å². The first-order valence-electron chi connectivity index (χ1n) is 7.85. The molecule has 0 aliphatic carbocycles. The number of anilines is 1. The molecule has 0 bridgehead atoms. The maximum Gasteiger partial charge on any atom is 0.321 e. The van der Waals surface area contributed by atoms with Crippen molar-refractivity contribution >= 4 is 23.3 Å². The van der Waals surface area contributed by atoms with Gasteiger partial charge in [0.1, 0.15) is 5.15 Å². The van der Waals surface area contributed by atoms with E-state index in [9.17, 15) is 4.79 Å². The zero-order chi connectivity index (χ0) is 16.1. The summed E-state index contributed by atoms with van der Waals surface area (Å²) in [5.41, 5.74) is 0.667. The maximum atomic E-state index is 12.2. The minimum absolute atomic E-state index is 0.0698. The SMILES string of the molecule is O=C(Nc1ccc(Cl)nc1)N1CCC(CCn2cccn2)CC1. The number of piperidine rings is 1. The monoisotopic (exact) mass is 333 g/mol. The number of nitrogens with one attached hydrogen (secondary N) is 1. The van der Waals surface area contributed by atoms with Crippen molar-refractivity contribution in [1.29, 1.82) is 0 Å². The van der Waals surface area contributed by atoms with Gasteiger partial charge in [0.2, 0.25) is 0 Å². The topological polar surface area (TPSA) is 63.1 Å². The van der Waals surface area contributed by atoms with Crippen LogP contribution in [0, 0.1) is 5.92 Å². The molecule has 2 aromatic heterocycles. The van der Waals surface area contributed by atoms with Gasteiger partial charge in [-0.3, -0.25) is 4.68 Å². The number of hydrogen-bond donors (Lipinski definition) is 1. The number of hydrogen-bond acceptors (Lipinski definition) is 3. The summed E-state index contributed by atoms with van der Waals surface area (Å²) in [6.07, 6.45) is 8.54. The number of rotatable bonds is 4. The molecule has 1 aliphatic rings. The fourth-order valence-electron chi connectivity index (χ4n) is 2.82. The van der Waals surface area contributed by atoms with E-state index in [-0.39, 0.29) is 6.03 Å². The number of pyridine rings is 1. The molecule has 3 rings (SSSR count). The van der Waals surface area contributed by atoms with Crippen LogP contribution in [-0.2, 0) is 6.54 Å². The van der Waals surface area contributed by atoms with Crippen LogP contribution in [0.2, 0.25) is 5.15 Å². The molecule has 122 valence electrons. The highest BCUT2D eigenvalue weighted by Gasteiger charge is 2.22. The number of aromatic nitrogens is 3. The van der Waals surface area contributed by atoms with Crippen molar-refractivity contribution in [3.05, 3.63) is 41.9 Å². The summed E-state index contributed by atoms with van der Waals surface area (Å²) in [6.45, 7) is 2.52. The Labute approximate surface area is 140 Å². The van der Waals surface area contributed by atoms with Crippen LogP contribution < -0.4 is 5.32 Å². The summed E-state index contributed by atoms with van der Waals surface area (Å²) >= 11 is 5.74. The maximum absolute atomic E-state index is 12.2.